The van der Waals surface area contributed by atoms with Crippen molar-refractivity contribution in [3.05, 3.63) is 87.4 Å². The van der Waals surface area contributed by atoms with Crippen molar-refractivity contribution < 1.29 is 19.4 Å². The largest absolute Gasteiger partial charge is 0.392 e. The Morgan fingerprint density at radius 1 is 1.06 bits per heavy atom. The molecule has 2 aromatic carbocycles. The predicted octanol–water partition coefficient (Wildman–Crippen LogP) is 4.75. The van der Waals surface area contributed by atoms with Gasteiger partial charge in [0.15, 0.2) is 11.4 Å². The number of imidazole rings is 1. The van der Waals surface area contributed by atoms with Crippen LogP contribution in [0.5, 0.6) is 0 Å². The molecule has 8 nitrogen and oxygen atoms in total. The summed E-state index contributed by atoms with van der Waals surface area (Å²) in [6.45, 7) is 3.32. The molecule has 2 heterocycles. The van der Waals surface area contributed by atoms with E-state index in [1.54, 1.807) is 10.9 Å². The lowest BCUT2D eigenvalue weighted by Gasteiger charge is -2.36. The Balaban J connectivity index is 1.51. The number of benzene rings is 2. The molecule has 2 amide bonds. The fourth-order valence-corrected chi connectivity index (χ4v) is 4.23. The summed E-state index contributed by atoms with van der Waals surface area (Å²) in [6, 6.07) is 15.3. The average Bonchev–Trinajstić information content (AvgIpc) is 3.20. The van der Waals surface area contributed by atoms with E-state index >= 15 is 0 Å². The predicted molar refractivity (Wildman–Crippen MR) is 133 cm³/mol. The van der Waals surface area contributed by atoms with E-state index < -0.39 is 6.29 Å². The highest BCUT2D eigenvalue weighted by Gasteiger charge is 2.32. The maximum absolute atomic E-state index is 11.7. The molecule has 1 aromatic heterocycles. The lowest BCUT2D eigenvalue weighted by molar-refractivity contribution is -0.252. The molecule has 3 N–H and O–H groups in total. The van der Waals surface area contributed by atoms with Gasteiger partial charge in [0.25, 0.3) is 0 Å². The number of nitrogens with zero attached hydrogens (tertiary/aromatic N) is 2. The van der Waals surface area contributed by atoms with Crippen molar-refractivity contribution in [2.45, 2.75) is 51.5 Å². The molecule has 35 heavy (non-hydrogen) atoms. The van der Waals surface area contributed by atoms with Crippen LogP contribution in [0.4, 0.5) is 4.79 Å². The first kappa shape index (κ1) is 25.5. The Morgan fingerprint density at radius 3 is 2.37 bits per heavy atom. The van der Waals surface area contributed by atoms with Gasteiger partial charge in [0.05, 0.1) is 31.7 Å². The highest BCUT2D eigenvalue weighted by atomic mass is 35.5. The molecule has 0 radical (unpaired) electrons. The molecular formula is C25H28Cl2N4O4. The second kappa shape index (κ2) is 11.9. The molecule has 0 spiro atoms. The molecular weight excluding hydrogens is 491 g/mol. The third kappa shape index (κ3) is 6.54. The number of rotatable bonds is 8. The number of ether oxygens (including phenoxy) is 2. The van der Waals surface area contributed by atoms with Crippen LogP contribution >= 0.6 is 23.2 Å². The number of hydrogen-bond donors (Lipinski definition) is 3. The van der Waals surface area contributed by atoms with Crippen LogP contribution in [0.1, 0.15) is 48.0 Å². The normalized spacial score (nSPS) is 19.9. The van der Waals surface area contributed by atoms with E-state index in [0.717, 1.165) is 22.3 Å². The van der Waals surface area contributed by atoms with Crippen LogP contribution in [0.2, 0.25) is 10.3 Å². The van der Waals surface area contributed by atoms with E-state index in [9.17, 15) is 9.90 Å². The van der Waals surface area contributed by atoms with Gasteiger partial charge < -0.3 is 29.8 Å². The van der Waals surface area contributed by atoms with Crippen molar-refractivity contribution in [3.63, 3.8) is 0 Å². The number of carbonyl (C=O) groups is 1. The van der Waals surface area contributed by atoms with Gasteiger partial charge in [-0.05, 0) is 23.6 Å². The second-order valence-corrected chi connectivity index (χ2v) is 9.00. The Morgan fingerprint density at radius 2 is 1.74 bits per heavy atom. The number of nitrogens with one attached hydrogen (secondary N) is 2. The van der Waals surface area contributed by atoms with Crippen LogP contribution in [0.3, 0.4) is 0 Å². The smallest absolute Gasteiger partial charge is 0.315 e. The monoisotopic (exact) mass is 518 g/mol. The lowest BCUT2D eigenvalue weighted by atomic mass is 10.00. The zero-order valence-electron chi connectivity index (χ0n) is 19.3. The number of amides is 2. The maximum atomic E-state index is 11.7. The van der Waals surface area contributed by atoms with Gasteiger partial charge in [-0.25, -0.2) is 9.78 Å². The van der Waals surface area contributed by atoms with Gasteiger partial charge in [-0.1, -0.05) is 71.7 Å². The molecule has 0 bridgehead atoms. The van der Waals surface area contributed by atoms with Gasteiger partial charge in [-0.3, -0.25) is 0 Å². The molecule has 1 fully saturated rings. The zero-order chi connectivity index (χ0) is 24.8. The third-order valence-electron chi connectivity index (χ3n) is 5.79. The van der Waals surface area contributed by atoms with Gasteiger partial charge in [0, 0.05) is 25.1 Å². The fourth-order valence-electron chi connectivity index (χ4n) is 3.92. The molecule has 1 aliphatic heterocycles. The molecule has 3 aromatic rings. The van der Waals surface area contributed by atoms with Crippen molar-refractivity contribution in [3.8, 4) is 0 Å². The van der Waals surface area contributed by atoms with E-state index in [0.29, 0.717) is 31.2 Å². The highest BCUT2D eigenvalue weighted by Crippen LogP contribution is 2.38. The molecule has 10 heteroatoms. The first-order valence-electron chi connectivity index (χ1n) is 11.4. The van der Waals surface area contributed by atoms with Crippen LogP contribution in [-0.2, 0) is 29.2 Å². The molecule has 0 unspecified atom stereocenters. The van der Waals surface area contributed by atoms with E-state index in [4.69, 9.17) is 32.7 Å². The average molecular weight is 519 g/mol. The summed E-state index contributed by atoms with van der Waals surface area (Å²) in [6.07, 6.45) is 1.18. The summed E-state index contributed by atoms with van der Waals surface area (Å²) in [7, 11) is 0. The SMILES string of the molecule is CCNC(=O)NCc1ccc([C@H]2O[C@@H](Cn3cnc(Cl)c3Cl)C[C@@H](c3ccc(CO)cc3)O2)cc1. The second-order valence-electron chi connectivity index (χ2n) is 8.28. The highest BCUT2D eigenvalue weighted by molar-refractivity contribution is 6.40. The molecule has 0 aliphatic carbocycles. The number of aromatic nitrogens is 2. The first-order chi connectivity index (χ1) is 17.0. The Kier molecular flexibility index (Phi) is 8.64. The summed E-state index contributed by atoms with van der Waals surface area (Å²) in [5.74, 6) is 0. The van der Waals surface area contributed by atoms with Crippen LogP contribution < -0.4 is 10.6 Å². The summed E-state index contributed by atoms with van der Waals surface area (Å²) in [5, 5.41) is 15.5. The van der Waals surface area contributed by atoms with Crippen LogP contribution in [0.15, 0.2) is 54.9 Å². The van der Waals surface area contributed by atoms with Gasteiger partial charge in [-0.2, -0.15) is 0 Å². The number of urea groups is 1. The van der Waals surface area contributed by atoms with Gasteiger partial charge in [-0.15, -0.1) is 0 Å². The van der Waals surface area contributed by atoms with Crippen molar-refractivity contribution in [1.82, 2.24) is 20.2 Å². The van der Waals surface area contributed by atoms with Gasteiger partial charge in [0.2, 0.25) is 0 Å². The minimum atomic E-state index is -0.598. The molecule has 186 valence electrons. The van der Waals surface area contributed by atoms with Crippen molar-refractivity contribution >= 4 is 29.2 Å². The standard InChI is InChI=1S/C25H28Cl2N4O4/c1-2-28-25(33)29-12-16-3-9-19(10-4-16)24-34-20(13-31-15-30-22(26)23(31)27)11-21(35-24)18-7-5-17(14-32)6-8-18/h3-10,15,20-21,24,32H,2,11-14H2,1H3,(H2,28,29,33)/t20-,21+,24+/m1/s1. The van der Waals surface area contributed by atoms with E-state index in [1.807, 2.05) is 55.5 Å². The fraction of sp³-hybridized carbons (Fsp3) is 0.360. The van der Waals surface area contributed by atoms with Crippen LogP contribution in [0.25, 0.3) is 0 Å². The molecule has 1 saturated heterocycles. The van der Waals surface area contributed by atoms with E-state index in [2.05, 4.69) is 15.6 Å². The Hall–Kier alpha value is -2.62. The maximum Gasteiger partial charge on any atom is 0.315 e. The molecule has 0 saturated carbocycles. The van der Waals surface area contributed by atoms with E-state index in [-0.39, 0.29) is 30.0 Å². The van der Waals surface area contributed by atoms with Gasteiger partial charge >= 0.3 is 6.03 Å². The summed E-state index contributed by atoms with van der Waals surface area (Å²) in [4.78, 5) is 15.7. The van der Waals surface area contributed by atoms with Gasteiger partial charge in [0.1, 0.15) is 5.15 Å². The van der Waals surface area contributed by atoms with Crippen molar-refractivity contribution in [2.24, 2.45) is 0 Å². The topological polar surface area (TPSA) is 97.6 Å². The third-order valence-corrected chi connectivity index (χ3v) is 6.56. The van der Waals surface area contributed by atoms with Crippen LogP contribution in [-0.4, -0.2) is 33.3 Å². The lowest BCUT2D eigenvalue weighted by Crippen LogP contribution is -2.34. The molecule has 1 aliphatic rings. The summed E-state index contributed by atoms with van der Waals surface area (Å²) < 4.78 is 14.4. The summed E-state index contributed by atoms with van der Waals surface area (Å²) >= 11 is 12.3. The minimum Gasteiger partial charge on any atom is -0.392 e. The minimum absolute atomic E-state index is 0.0125. The number of hydrogen-bond acceptors (Lipinski definition) is 5. The first-order valence-corrected chi connectivity index (χ1v) is 12.2. The molecule has 4 rings (SSSR count). The number of halogens is 2. The van der Waals surface area contributed by atoms with Crippen LogP contribution in [0, 0.1) is 0 Å². The number of aliphatic hydroxyl groups is 1. The number of aliphatic hydroxyl groups excluding tert-OH is 1. The Bertz CT molecular complexity index is 1120. The molecule has 3 atom stereocenters. The van der Waals surface area contributed by atoms with Crippen molar-refractivity contribution in [1.29, 1.82) is 0 Å². The summed E-state index contributed by atoms with van der Waals surface area (Å²) in [5.41, 5.74) is 3.66. The number of carbonyl (C=O) groups excluding carboxylic acids is 1. The zero-order valence-corrected chi connectivity index (χ0v) is 20.8. The van der Waals surface area contributed by atoms with E-state index in [1.165, 1.54) is 0 Å². The Labute approximate surface area is 214 Å². The quantitative estimate of drug-likeness (QED) is 0.399. The van der Waals surface area contributed by atoms with Crippen molar-refractivity contribution in [2.75, 3.05) is 6.54 Å².